The van der Waals surface area contributed by atoms with Crippen LogP contribution >= 0.6 is 0 Å². The number of unbranched alkanes of at least 4 members (excludes halogenated alkanes) is 11. The maximum Gasteiger partial charge on any atom is 0.306 e. The Balaban J connectivity index is 2.52. The average Bonchev–Trinajstić information content (AvgIpc) is 3.16. The second kappa shape index (κ2) is 33.3. The minimum Gasteiger partial charge on any atom is -0.462 e. The molecule has 1 saturated heterocycles. The van der Waals surface area contributed by atoms with E-state index in [1.807, 2.05) is 12.2 Å². The molecule has 13 heteroatoms. The highest BCUT2D eigenvalue weighted by Gasteiger charge is 2.46. The molecule has 0 aromatic heterocycles. The zero-order valence-corrected chi connectivity index (χ0v) is 34.8. The third kappa shape index (κ3) is 27.9. The molecule has 0 aromatic rings. The monoisotopic (exact) mass is 812 g/mol. The Morgan fingerprint density at radius 1 is 0.625 bits per heavy atom. The Labute approximate surface area is 336 Å². The maximum absolute atomic E-state index is 12.7. The van der Waals surface area contributed by atoms with Crippen LogP contribution < -0.4 is 0 Å². The first-order valence-corrected chi connectivity index (χ1v) is 22.5. The predicted molar refractivity (Wildman–Crippen MR) is 219 cm³/mol. The van der Waals surface area contributed by atoms with E-state index in [1.165, 1.54) is 44.9 Å². The summed E-state index contributed by atoms with van der Waals surface area (Å²) in [7, 11) is -4.61. The molecular weight excluding hydrogens is 741 g/mol. The summed E-state index contributed by atoms with van der Waals surface area (Å²) in [6.45, 7) is 3.56. The van der Waals surface area contributed by atoms with Crippen LogP contribution in [0.3, 0.4) is 0 Å². The molecule has 0 aliphatic carbocycles. The first-order valence-electron chi connectivity index (χ1n) is 20.8. The van der Waals surface area contributed by atoms with Gasteiger partial charge in [0.1, 0.15) is 36.8 Å². The summed E-state index contributed by atoms with van der Waals surface area (Å²) in [5.41, 5.74) is 0. The molecule has 1 aliphatic heterocycles. The molecule has 0 radical (unpaired) electrons. The van der Waals surface area contributed by atoms with Crippen LogP contribution in [0.5, 0.6) is 0 Å². The molecule has 4 N–H and O–H groups in total. The summed E-state index contributed by atoms with van der Waals surface area (Å²) >= 11 is 0. The zero-order valence-electron chi connectivity index (χ0n) is 34.0. The van der Waals surface area contributed by atoms with Crippen LogP contribution in [0.2, 0.25) is 0 Å². The van der Waals surface area contributed by atoms with E-state index in [0.29, 0.717) is 19.3 Å². The normalized spacial score (nSPS) is 21.3. The highest BCUT2D eigenvalue weighted by atomic mass is 32.2. The van der Waals surface area contributed by atoms with Crippen molar-refractivity contribution in [2.45, 2.75) is 179 Å². The molecule has 0 bridgehead atoms. The van der Waals surface area contributed by atoms with Gasteiger partial charge in [0.2, 0.25) is 0 Å². The Hall–Kier alpha value is -2.65. The van der Waals surface area contributed by atoms with Crippen molar-refractivity contribution < 1.29 is 56.8 Å². The predicted octanol–water partition coefficient (Wildman–Crippen LogP) is 7.78. The third-order valence-corrected chi connectivity index (χ3v) is 9.86. The number of hydrogen-bond donors (Lipinski definition) is 4. The number of aliphatic hydroxyl groups excluding tert-OH is 3. The van der Waals surface area contributed by atoms with Gasteiger partial charge in [-0.2, -0.15) is 8.42 Å². The summed E-state index contributed by atoms with van der Waals surface area (Å²) in [5.74, 6) is -2.06. The van der Waals surface area contributed by atoms with E-state index >= 15 is 0 Å². The lowest BCUT2D eigenvalue weighted by atomic mass is 10.00. The molecule has 12 nitrogen and oxygen atoms in total. The van der Waals surface area contributed by atoms with Gasteiger partial charge in [0.15, 0.2) is 12.4 Å². The molecule has 1 heterocycles. The summed E-state index contributed by atoms with van der Waals surface area (Å²) in [6, 6.07) is 0. The molecule has 322 valence electrons. The first-order chi connectivity index (χ1) is 27.0. The van der Waals surface area contributed by atoms with Gasteiger partial charge in [-0.3, -0.25) is 14.1 Å². The van der Waals surface area contributed by atoms with E-state index in [2.05, 4.69) is 62.5 Å². The number of rotatable bonds is 33. The highest BCUT2D eigenvalue weighted by molar-refractivity contribution is 7.85. The number of ether oxygens (including phenoxy) is 4. The van der Waals surface area contributed by atoms with Gasteiger partial charge in [0.25, 0.3) is 10.1 Å². The fourth-order valence-electron chi connectivity index (χ4n) is 5.89. The van der Waals surface area contributed by atoms with Gasteiger partial charge >= 0.3 is 11.9 Å². The fourth-order valence-corrected chi connectivity index (χ4v) is 6.58. The molecular formula is C43H72O12S. The van der Waals surface area contributed by atoms with Crippen LogP contribution in [0.25, 0.3) is 0 Å². The van der Waals surface area contributed by atoms with Crippen molar-refractivity contribution in [3.63, 3.8) is 0 Å². The van der Waals surface area contributed by atoms with E-state index in [0.717, 1.165) is 51.4 Å². The van der Waals surface area contributed by atoms with Crippen LogP contribution in [0.1, 0.15) is 142 Å². The lowest BCUT2D eigenvalue weighted by Crippen LogP contribution is -2.60. The molecule has 0 unspecified atom stereocenters. The number of esters is 2. The molecule has 56 heavy (non-hydrogen) atoms. The number of carbonyl (C=O) groups is 2. The average molecular weight is 813 g/mol. The van der Waals surface area contributed by atoms with Gasteiger partial charge in [-0.1, -0.05) is 139 Å². The molecule has 0 saturated carbocycles. The SMILES string of the molecule is CC/C=C\C/C=C\C/C=C\C/C=C\C/C=C\CCCC(=O)OC[C@H](CO[C@H]1O[C@H](CS(=O)(=O)O)[C@@H](O)[C@H](O)[C@H]1O)OC(=O)CCCCCCCCCCCCC. The van der Waals surface area contributed by atoms with Crippen LogP contribution in [0.4, 0.5) is 0 Å². The third-order valence-electron chi connectivity index (χ3n) is 9.11. The smallest absolute Gasteiger partial charge is 0.306 e. The summed E-state index contributed by atoms with van der Waals surface area (Å²) < 4.78 is 53.8. The quantitative estimate of drug-likeness (QED) is 0.0219. The molecule has 1 aliphatic rings. The van der Waals surface area contributed by atoms with E-state index in [-0.39, 0.29) is 19.4 Å². The molecule has 1 rings (SSSR count). The molecule has 0 amide bonds. The number of aliphatic hydroxyl groups is 3. The van der Waals surface area contributed by atoms with E-state index in [4.69, 9.17) is 18.9 Å². The minimum atomic E-state index is -4.61. The molecule has 6 atom stereocenters. The van der Waals surface area contributed by atoms with Gasteiger partial charge < -0.3 is 34.3 Å². The van der Waals surface area contributed by atoms with Gasteiger partial charge in [-0.15, -0.1) is 0 Å². The Morgan fingerprint density at radius 2 is 1.12 bits per heavy atom. The lowest BCUT2D eigenvalue weighted by molar-refractivity contribution is -0.297. The van der Waals surface area contributed by atoms with Crippen molar-refractivity contribution in [1.29, 1.82) is 0 Å². The maximum atomic E-state index is 12.7. The van der Waals surface area contributed by atoms with E-state index < -0.39 is 71.2 Å². The first kappa shape index (κ1) is 51.4. The van der Waals surface area contributed by atoms with Crippen molar-refractivity contribution in [2.75, 3.05) is 19.0 Å². The van der Waals surface area contributed by atoms with Crippen molar-refractivity contribution >= 4 is 22.1 Å². The topological polar surface area (TPSA) is 186 Å². The molecule has 0 spiro atoms. The second-order valence-electron chi connectivity index (χ2n) is 14.3. The van der Waals surface area contributed by atoms with Gasteiger partial charge in [0.05, 0.1) is 6.61 Å². The minimum absolute atomic E-state index is 0.139. The van der Waals surface area contributed by atoms with Crippen molar-refractivity contribution in [3.8, 4) is 0 Å². The van der Waals surface area contributed by atoms with E-state index in [1.54, 1.807) is 0 Å². The fraction of sp³-hybridized carbons (Fsp3) is 0.721. The van der Waals surface area contributed by atoms with Gasteiger partial charge in [0, 0.05) is 12.8 Å². The number of allylic oxidation sites excluding steroid dienone is 10. The van der Waals surface area contributed by atoms with Crippen molar-refractivity contribution in [3.05, 3.63) is 60.8 Å². The second-order valence-corrected chi connectivity index (χ2v) is 15.8. The van der Waals surface area contributed by atoms with Crippen molar-refractivity contribution in [1.82, 2.24) is 0 Å². The van der Waals surface area contributed by atoms with Crippen LogP contribution in [0, 0.1) is 0 Å². The van der Waals surface area contributed by atoms with Crippen LogP contribution in [-0.4, -0.2) is 96.0 Å². The van der Waals surface area contributed by atoms with Gasteiger partial charge in [-0.05, 0) is 51.4 Å². The number of hydrogen-bond acceptors (Lipinski definition) is 11. The van der Waals surface area contributed by atoms with Crippen LogP contribution in [0.15, 0.2) is 60.8 Å². The van der Waals surface area contributed by atoms with Crippen molar-refractivity contribution in [2.24, 2.45) is 0 Å². The lowest BCUT2D eigenvalue weighted by Gasteiger charge is -2.40. The molecule has 1 fully saturated rings. The Bertz CT molecular complexity index is 1280. The van der Waals surface area contributed by atoms with Crippen LogP contribution in [-0.2, 0) is 38.7 Å². The Morgan fingerprint density at radius 3 is 1.66 bits per heavy atom. The highest BCUT2D eigenvalue weighted by Crippen LogP contribution is 2.24. The van der Waals surface area contributed by atoms with E-state index in [9.17, 15) is 37.9 Å². The Kier molecular flexibility index (Phi) is 30.6. The summed E-state index contributed by atoms with van der Waals surface area (Å²) in [6.07, 6.45) is 30.0. The molecule has 0 aromatic carbocycles. The zero-order chi connectivity index (χ0) is 41.3. The van der Waals surface area contributed by atoms with Gasteiger partial charge in [-0.25, -0.2) is 0 Å². The largest absolute Gasteiger partial charge is 0.462 e. The summed E-state index contributed by atoms with van der Waals surface area (Å²) in [4.78, 5) is 25.3. The number of carbonyl (C=O) groups excluding carboxylic acids is 2. The standard InChI is InChI=1S/C43H72O12S/c1-3-5-7-9-11-13-15-16-17-18-19-20-22-23-25-27-29-31-38(44)52-33-36(54-39(45)32-30-28-26-24-21-14-12-10-8-6-4-2)34-53-43-42(48)41(47)40(46)37(55-43)35-56(49,50)51/h5,7,11,13,16-17,19-20,23,25,36-37,40-43,46-48H,3-4,6,8-10,12,14-15,18,21-22,24,26-35H2,1-2H3,(H,49,50,51)/b7-5-,13-11-,17-16-,20-19-,25-23-/t36-,37-,40-,41+,42-,43+/m1/s1. The summed E-state index contributed by atoms with van der Waals surface area (Å²) in [5, 5.41) is 30.8.